The van der Waals surface area contributed by atoms with Gasteiger partial charge in [0.25, 0.3) is 5.56 Å². The number of aromatic nitrogens is 2. The van der Waals surface area contributed by atoms with Crippen molar-refractivity contribution in [1.82, 2.24) is 14.9 Å². The highest BCUT2D eigenvalue weighted by Gasteiger charge is 2.19. The summed E-state index contributed by atoms with van der Waals surface area (Å²) in [5, 5.41) is 0. The van der Waals surface area contributed by atoms with Crippen LogP contribution in [-0.2, 0) is 19.5 Å². The Bertz CT molecular complexity index is 1140. The first-order valence-electron chi connectivity index (χ1n) is 10.3. The minimum atomic E-state index is -0.00745. The van der Waals surface area contributed by atoms with Gasteiger partial charge in [-0.2, -0.15) is 0 Å². The zero-order valence-electron chi connectivity index (χ0n) is 16.7. The van der Waals surface area contributed by atoms with E-state index in [1.165, 1.54) is 16.8 Å². The van der Waals surface area contributed by atoms with Crippen LogP contribution in [0.5, 0.6) is 0 Å². The Morgan fingerprint density at radius 1 is 1.10 bits per heavy atom. The van der Waals surface area contributed by atoms with E-state index >= 15 is 0 Å². The fourth-order valence-corrected chi connectivity index (χ4v) is 4.22. The van der Waals surface area contributed by atoms with E-state index in [4.69, 9.17) is 0 Å². The van der Waals surface area contributed by atoms with Crippen LogP contribution in [0.4, 0.5) is 5.69 Å². The molecule has 6 nitrogen and oxygen atoms in total. The van der Waals surface area contributed by atoms with Crippen LogP contribution in [0, 0.1) is 0 Å². The predicted octanol–water partition coefficient (Wildman–Crippen LogP) is 2.74. The Kier molecular flexibility index (Phi) is 4.64. The second kappa shape index (κ2) is 7.44. The lowest BCUT2D eigenvalue weighted by Gasteiger charge is -2.36. The molecule has 0 spiro atoms. The minimum Gasteiger partial charge on any atom is -0.369 e. The van der Waals surface area contributed by atoms with E-state index in [1.54, 1.807) is 0 Å². The molecule has 148 valence electrons. The molecule has 1 saturated heterocycles. The van der Waals surface area contributed by atoms with Gasteiger partial charge in [0.15, 0.2) is 0 Å². The van der Waals surface area contributed by atoms with Crippen molar-refractivity contribution in [2.24, 2.45) is 4.99 Å². The number of pyridine rings is 2. The third kappa shape index (κ3) is 3.56. The van der Waals surface area contributed by atoms with E-state index in [9.17, 15) is 4.79 Å². The highest BCUT2D eigenvalue weighted by Crippen LogP contribution is 2.23. The lowest BCUT2D eigenvalue weighted by molar-refractivity contribution is 0.249. The van der Waals surface area contributed by atoms with Crippen LogP contribution in [0.2, 0.25) is 0 Å². The van der Waals surface area contributed by atoms with Crippen molar-refractivity contribution in [2.45, 2.75) is 26.4 Å². The van der Waals surface area contributed by atoms with Crippen LogP contribution < -0.4 is 10.5 Å². The number of aliphatic imine (C=N–C) groups is 1. The molecule has 0 unspecified atom stereocenters. The topological polar surface area (TPSA) is 64.6 Å². The molecule has 6 heteroatoms. The van der Waals surface area contributed by atoms with Crippen molar-refractivity contribution in [3.05, 3.63) is 69.1 Å². The molecular formula is C23H25N5O. The minimum absolute atomic E-state index is 0.00745. The molecule has 29 heavy (non-hydrogen) atoms. The van der Waals surface area contributed by atoms with Crippen LogP contribution in [0.15, 0.2) is 46.3 Å². The first-order valence-corrected chi connectivity index (χ1v) is 10.3. The van der Waals surface area contributed by atoms with Crippen LogP contribution in [0.25, 0.3) is 11.0 Å². The Labute approximate surface area is 169 Å². The summed E-state index contributed by atoms with van der Waals surface area (Å²) in [7, 11) is 0. The zero-order valence-corrected chi connectivity index (χ0v) is 16.7. The van der Waals surface area contributed by atoms with Gasteiger partial charge in [-0.3, -0.25) is 19.7 Å². The number of benzene rings is 1. The molecule has 0 saturated carbocycles. The van der Waals surface area contributed by atoms with Crippen LogP contribution in [-0.4, -0.2) is 47.3 Å². The van der Waals surface area contributed by atoms with E-state index < -0.39 is 0 Å². The van der Waals surface area contributed by atoms with Gasteiger partial charge in [0.05, 0.1) is 17.6 Å². The van der Waals surface area contributed by atoms with E-state index in [-0.39, 0.29) is 5.56 Å². The molecule has 0 aliphatic carbocycles. The molecule has 0 radical (unpaired) electrons. The maximum Gasteiger partial charge on any atom is 0.251 e. The molecule has 1 aromatic carbocycles. The highest BCUT2D eigenvalue weighted by molar-refractivity contribution is 5.86. The van der Waals surface area contributed by atoms with E-state index in [0.717, 1.165) is 67.8 Å². The lowest BCUT2D eigenvalue weighted by atomic mass is 10.1. The Balaban J connectivity index is 1.26. The van der Waals surface area contributed by atoms with E-state index in [0.29, 0.717) is 0 Å². The number of rotatable bonds is 4. The van der Waals surface area contributed by atoms with Crippen molar-refractivity contribution in [3.63, 3.8) is 0 Å². The zero-order chi connectivity index (χ0) is 19.8. The molecule has 4 heterocycles. The van der Waals surface area contributed by atoms with Gasteiger partial charge in [0.2, 0.25) is 0 Å². The maximum atomic E-state index is 12.1. The summed E-state index contributed by atoms with van der Waals surface area (Å²) in [6.07, 6.45) is 4.64. The van der Waals surface area contributed by atoms with E-state index in [1.807, 2.05) is 25.4 Å². The first kappa shape index (κ1) is 18.1. The van der Waals surface area contributed by atoms with Gasteiger partial charge in [-0.05, 0) is 47.4 Å². The van der Waals surface area contributed by atoms with Crippen molar-refractivity contribution >= 4 is 22.9 Å². The van der Waals surface area contributed by atoms with Crippen LogP contribution >= 0.6 is 0 Å². The van der Waals surface area contributed by atoms with Crippen molar-refractivity contribution < 1.29 is 0 Å². The number of anilines is 1. The number of hydrogen-bond acceptors (Lipinski definition) is 5. The maximum absolute atomic E-state index is 12.1. The molecule has 2 aliphatic heterocycles. The van der Waals surface area contributed by atoms with Gasteiger partial charge >= 0.3 is 0 Å². The van der Waals surface area contributed by atoms with Crippen LogP contribution in [0.1, 0.15) is 29.2 Å². The van der Waals surface area contributed by atoms with Gasteiger partial charge in [-0.15, -0.1) is 0 Å². The third-order valence-corrected chi connectivity index (χ3v) is 5.97. The van der Waals surface area contributed by atoms with Gasteiger partial charge in [0.1, 0.15) is 0 Å². The second-order valence-electron chi connectivity index (χ2n) is 7.87. The Morgan fingerprint density at radius 3 is 2.79 bits per heavy atom. The number of nitrogens with one attached hydrogen (secondary N) is 1. The van der Waals surface area contributed by atoms with Gasteiger partial charge in [-0.1, -0.05) is 13.0 Å². The molecule has 1 fully saturated rings. The normalized spacial score (nSPS) is 16.5. The van der Waals surface area contributed by atoms with Crippen molar-refractivity contribution in [2.75, 3.05) is 31.1 Å². The average Bonchev–Trinajstić information content (AvgIpc) is 3.21. The summed E-state index contributed by atoms with van der Waals surface area (Å²) >= 11 is 0. The quantitative estimate of drug-likeness (QED) is 0.748. The fraction of sp³-hybridized carbons (Fsp3) is 0.348. The monoisotopic (exact) mass is 387 g/mol. The number of piperazine rings is 1. The average molecular weight is 387 g/mol. The molecule has 5 rings (SSSR count). The molecule has 0 bridgehead atoms. The van der Waals surface area contributed by atoms with E-state index in [2.05, 4.69) is 49.0 Å². The van der Waals surface area contributed by atoms with Crippen molar-refractivity contribution in [3.8, 4) is 0 Å². The van der Waals surface area contributed by atoms with Gasteiger partial charge < -0.3 is 9.88 Å². The number of hydrogen-bond donors (Lipinski definition) is 1. The summed E-state index contributed by atoms with van der Waals surface area (Å²) in [5.74, 6) is 0. The Hall–Kier alpha value is -2.99. The third-order valence-electron chi connectivity index (χ3n) is 5.97. The summed E-state index contributed by atoms with van der Waals surface area (Å²) in [5.41, 5.74) is 7.46. The number of aromatic amines is 1. The molecule has 0 atom stereocenters. The molecule has 0 amide bonds. The predicted molar refractivity (Wildman–Crippen MR) is 117 cm³/mol. The Morgan fingerprint density at radius 2 is 1.97 bits per heavy atom. The number of aryl methyl sites for hydroxylation is 1. The summed E-state index contributed by atoms with van der Waals surface area (Å²) in [6, 6.07) is 10.6. The number of fused-ring (bicyclic) bond motifs is 2. The molecule has 3 aromatic rings. The smallest absolute Gasteiger partial charge is 0.251 e. The summed E-state index contributed by atoms with van der Waals surface area (Å²) in [6.45, 7) is 7.68. The SMILES string of the molecule is CCc1cc2ncc(CN3CCN(c4ccc5c(c4)C=NC5)CC3)cc2[nH]c1=O. The molecule has 2 aliphatic rings. The lowest BCUT2D eigenvalue weighted by Crippen LogP contribution is -2.46. The molecular weight excluding hydrogens is 362 g/mol. The largest absolute Gasteiger partial charge is 0.369 e. The number of nitrogens with zero attached hydrogens (tertiary/aromatic N) is 4. The summed E-state index contributed by atoms with van der Waals surface area (Å²) in [4.78, 5) is 28.9. The first-order chi connectivity index (χ1) is 14.2. The molecule has 1 N–H and O–H groups in total. The fourth-order valence-electron chi connectivity index (χ4n) is 4.22. The molecule has 2 aromatic heterocycles. The summed E-state index contributed by atoms with van der Waals surface area (Å²) < 4.78 is 0. The number of H-pyrrole nitrogens is 1. The second-order valence-corrected chi connectivity index (χ2v) is 7.87. The standard InChI is InChI=1S/C23H25N5O/c1-2-17-11-21-22(26-23(17)29)9-16(12-25-21)15-27-5-7-28(8-6-27)20-4-3-18-13-24-14-19(18)10-20/h3-4,9-12,14H,2,5-8,13,15H2,1H3,(H,26,29). The van der Waals surface area contributed by atoms with Gasteiger partial charge in [-0.25, -0.2) is 0 Å². The highest BCUT2D eigenvalue weighted by atomic mass is 16.1. The van der Waals surface area contributed by atoms with Crippen molar-refractivity contribution in [1.29, 1.82) is 0 Å². The van der Waals surface area contributed by atoms with Crippen LogP contribution in [0.3, 0.4) is 0 Å². The van der Waals surface area contributed by atoms with Gasteiger partial charge in [0, 0.05) is 56.4 Å².